The lowest BCUT2D eigenvalue weighted by molar-refractivity contribution is 0.112. The van der Waals surface area contributed by atoms with Gasteiger partial charge in [0.1, 0.15) is 5.75 Å². The van der Waals surface area contributed by atoms with Gasteiger partial charge in [-0.1, -0.05) is 0 Å². The Morgan fingerprint density at radius 3 is 3.08 bits per heavy atom. The topological polar surface area (TPSA) is 55.0 Å². The highest BCUT2D eigenvalue weighted by Crippen LogP contribution is 2.21. The molecule has 0 saturated heterocycles. The van der Waals surface area contributed by atoms with Gasteiger partial charge in [-0.3, -0.25) is 4.79 Å². The van der Waals surface area contributed by atoms with E-state index in [9.17, 15) is 4.79 Å². The lowest BCUT2D eigenvalue weighted by Crippen LogP contribution is -1.90. The van der Waals surface area contributed by atoms with Gasteiger partial charge in [0.2, 0.25) is 0 Å². The van der Waals surface area contributed by atoms with Crippen LogP contribution >= 0.6 is 0 Å². The molecule has 1 heterocycles. The monoisotopic (exact) mass is 176 g/mol. The molecule has 0 fully saturated rings. The second kappa shape index (κ2) is 2.90. The Balaban J connectivity index is 2.73. The van der Waals surface area contributed by atoms with E-state index < -0.39 is 0 Å². The first-order valence-corrected chi connectivity index (χ1v) is 3.81. The molecule has 1 aromatic heterocycles. The molecule has 0 bridgehead atoms. The summed E-state index contributed by atoms with van der Waals surface area (Å²) < 4.78 is 5.03. The molecule has 2 rings (SSSR count). The summed E-state index contributed by atoms with van der Waals surface area (Å²) in [5, 5.41) is 0. The van der Waals surface area contributed by atoms with E-state index in [-0.39, 0.29) is 0 Å². The Hall–Kier alpha value is -1.84. The standard InChI is InChI=1S/C9H8N2O2/c1-13-9-3-8-7(10-5-11-8)2-6(9)4-12/h2-5H,1H3,(H,10,11). The second-order valence-electron chi connectivity index (χ2n) is 2.63. The lowest BCUT2D eigenvalue weighted by Gasteiger charge is -2.01. The van der Waals surface area contributed by atoms with Crippen molar-refractivity contribution in [3.63, 3.8) is 0 Å². The average molecular weight is 176 g/mol. The number of benzene rings is 1. The maximum atomic E-state index is 10.6. The van der Waals surface area contributed by atoms with Crippen LogP contribution in [0, 0.1) is 0 Å². The van der Waals surface area contributed by atoms with Crippen molar-refractivity contribution in [2.24, 2.45) is 0 Å². The van der Waals surface area contributed by atoms with Crippen molar-refractivity contribution in [3.8, 4) is 5.75 Å². The first-order chi connectivity index (χ1) is 6.35. The summed E-state index contributed by atoms with van der Waals surface area (Å²) in [4.78, 5) is 17.6. The molecule has 0 atom stereocenters. The molecule has 0 saturated carbocycles. The van der Waals surface area contributed by atoms with Gasteiger partial charge in [-0.2, -0.15) is 0 Å². The second-order valence-corrected chi connectivity index (χ2v) is 2.63. The van der Waals surface area contributed by atoms with Crippen LogP contribution in [-0.4, -0.2) is 23.4 Å². The third-order valence-corrected chi connectivity index (χ3v) is 1.90. The Morgan fingerprint density at radius 2 is 2.38 bits per heavy atom. The Bertz CT molecular complexity index is 448. The van der Waals surface area contributed by atoms with E-state index in [1.807, 2.05) is 0 Å². The molecular weight excluding hydrogens is 168 g/mol. The van der Waals surface area contributed by atoms with Crippen LogP contribution in [0.4, 0.5) is 0 Å². The normalized spacial score (nSPS) is 10.2. The van der Waals surface area contributed by atoms with Crippen LogP contribution in [0.1, 0.15) is 10.4 Å². The molecule has 4 nitrogen and oxygen atoms in total. The van der Waals surface area contributed by atoms with E-state index in [1.165, 1.54) is 7.11 Å². The number of H-pyrrole nitrogens is 1. The highest BCUT2D eigenvalue weighted by Gasteiger charge is 2.05. The molecule has 66 valence electrons. The number of hydrogen-bond acceptors (Lipinski definition) is 3. The highest BCUT2D eigenvalue weighted by atomic mass is 16.5. The minimum Gasteiger partial charge on any atom is -0.496 e. The number of nitrogens with zero attached hydrogens (tertiary/aromatic N) is 1. The van der Waals surface area contributed by atoms with Crippen molar-refractivity contribution < 1.29 is 9.53 Å². The smallest absolute Gasteiger partial charge is 0.153 e. The fourth-order valence-corrected chi connectivity index (χ4v) is 1.25. The first-order valence-electron chi connectivity index (χ1n) is 3.81. The van der Waals surface area contributed by atoms with Crippen molar-refractivity contribution in [2.45, 2.75) is 0 Å². The first kappa shape index (κ1) is 7.79. The van der Waals surface area contributed by atoms with E-state index in [0.717, 1.165) is 17.3 Å². The molecule has 0 aliphatic rings. The quantitative estimate of drug-likeness (QED) is 0.703. The summed E-state index contributed by atoms with van der Waals surface area (Å²) in [7, 11) is 1.53. The van der Waals surface area contributed by atoms with Crippen LogP contribution in [-0.2, 0) is 0 Å². The maximum absolute atomic E-state index is 10.6. The van der Waals surface area contributed by atoms with Gasteiger partial charge in [0.25, 0.3) is 0 Å². The van der Waals surface area contributed by atoms with E-state index in [1.54, 1.807) is 18.5 Å². The minimum atomic E-state index is 0.527. The number of rotatable bonds is 2. The number of nitrogens with one attached hydrogen (secondary N) is 1. The predicted octanol–water partition coefficient (Wildman–Crippen LogP) is 1.38. The van der Waals surface area contributed by atoms with Crippen LogP contribution in [0.5, 0.6) is 5.75 Å². The number of ether oxygens (including phenoxy) is 1. The number of fused-ring (bicyclic) bond motifs is 1. The van der Waals surface area contributed by atoms with Crippen molar-refractivity contribution in [3.05, 3.63) is 24.0 Å². The molecular formula is C9H8N2O2. The van der Waals surface area contributed by atoms with Gasteiger partial charge in [0.15, 0.2) is 6.29 Å². The number of aromatic nitrogens is 2. The number of hydrogen-bond donors (Lipinski definition) is 1. The Morgan fingerprint density at radius 1 is 1.54 bits per heavy atom. The summed E-state index contributed by atoms with van der Waals surface area (Å²) in [5.74, 6) is 0.551. The van der Waals surface area contributed by atoms with Crippen molar-refractivity contribution in [1.29, 1.82) is 0 Å². The number of carbonyl (C=O) groups excluding carboxylic acids is 1. The van der Waals surface area contributed by atoms with Gasteiger partial charge in [-0.05, 0) is 6.07 Å². The summed E-state index contributed by atoms with van der Waals surface area (Å²) in [6.45, 7) is 0. The Kier molecular flexibility index (Phi) is 1.73. The number of carbonyl (C=O) groups is 1. The Labute approximate surface area is 74.5 Å². The summed E-state index contributed by atoms with van der Waals surface area (Å²) in [6.07, 6.45) is 2.35. The molecule has 0 aliphatic carbocycles. The van der Waals surface area contributed by atoms with Gasteiger partial charge < -0.3 is 9.72 Å². The van der Waals surface area contributed by atoms with Gasteiger partial charge in [0, 0.05) is 6.07 Å². The molecule has 0 unspecified atom stereocenters. The van der Waals surface area contributed by atoms with Gasteiger partial charge in [-0.25, -0.2) is 4.98 Å². The molecule has 0 aliphatic heterocycles. The summed E-state index contributed by atoms with van der Waals surface area (Å²) in [5.41, 5.74) is 2.16. The van der Waals surface area contributed by atoms with Gasteiger partial charge >= 0.3 is 0 Å². The zero-order valence-corrected chi connectivity index (χ0v) is 7.07. The van der Waals surface area contributed by atoms with E-state index in [4.69, 9.17) is 4.74 Å². The fourth-order valence-electron chi connectivity index (χ4n) is 1.25. The van der Waals surface area contributed by atoms with E-state index >= 15 is 0 Å². The van der Waals surface area contributed by atoms with Crippen LogP contribution < -0.4 is 4.74 Å². The molecule has 0 radical (unpaired) electrons. The minimum absolute atomic E-state index is 0.527. The molecule has 4 heteroatoms. The van der Waals surface area contributed by atoms with Crippen molar-refractivity contribution in [1.82, 2.24) is 9.97 Å². The fraction of sp³-hybridized carbons (Fsp3) is 0.111. The molecule has 13 heavy (non-hydrogen) atoms. The lowest BCUT2D eigenvalue weighted by atomic mass is 10.2. The predicted molar refractivity (Wildman–Crippen MR) is 48.0 cm³/mol. The number of methoxy groups -OCH3 is 1. The third-order valence-electron chi connectivity index (χ3n) is 1.90. The highest BCUT2D eigenvalue weighted by molar-refractivity contribution is 5.88. The van der Waals surface area contributed by atoms with Gasteiger partial charge in [0.05, 0.1) is 30.0 Å². The van der Waals surface area contributed by atoms with Crippen molar-refractivity contribution >= 4 is 17.3 Å². The van der Waals surface area contributed by atoms with E-state index in [0.29, 0.717) is 11.3 Å². The zero-order chi connectivity index (χ0) is 9.26. The maximum Gasteiger partial charge on any atom is 0.153 e. The van der Waals surface area contributed by atoms with Crippen LogP contribution in [0.3, 0.4) is 0 Å². The molecule has 1 N–H and O–H groups in total. The average Bonchev–Trinajstić information content (AvgIpc) is 2.62. The summed E-state index contributed by atoms with van der Waals surface area (Å²) in [6, 6.07) is 3.45. The molecule has 0 amide bonds. The van der Waals surface area contributed by atoms with Crippen LogP contribution in [0.25, 0.3) is 11.0 Å². The largest absolute Gasteiger partial charge is 0.496 e. The van der Waals surface area contributed by atoms with E-state index in [2.05, 4.69) is 9.97 Å². The summed E-state index contributed by atoms with van der Waals surface area (Å²) >= 11 is 0. The van der Waals surface area contributed by atoms with Crippen LogP contribution in [0.15, 0.2) is 18.5 Å². The van der Waals surface area contributed by atoms with Crippen LogP contribution in [0.2, 0.25) is 0 Å². The third kappa shape index (κ3) is 1.16. The zero-order valence-electron chi connectivity index (χ0n) is 7.07. The number of imidazole rings is 1. The number of aldehydes is 1. The number of aromatic amines is 1. The van der Waals surface area contributed by atoms with Crippen molar-refractivity contribution in [2.75, 3.05) is 7.11 Å². The molecule has 1 aromatic carbocycles. The SMILES string of the molecule is COc1cc2nc[nH]c2cc1C=O. The van der Waals surface area contributed by atoms with Gasteiger partial charge in [-0.15, -0.1) is 0 Å². The molecule has 0 spiro atoms. The molecule has 2 aromatic rings.